The lowest BCUT2D eigenvalue weighted by Crippen LogP contribution is -2.27. The van der Waals surface area contributed by atoms with Gasteiger partial charge in [0, 0.05) is 17.7 Å². The van der Waals surface area contributed by atoms with Crippen LogP contribution < -0.4 is 20.5 Å². The normalized spacial score (nSPS) is 11.0. The third kappa shape index (κ3) is 4.09. The van der Waals surface area contributed by atoms with Gasteiger partial charge in [0.25, 0.3) is 0 Å². The largest absolute Gasteiger partial charge is 0.493 e. The van der Waals surface area contributed by atoms with E-state index in [1.807, 2.05) is 0 Å². The predicted molar refractivity (Wildman–Crippen MR) is 89.3 cm³/mol. The molecule has 0 aliphatic heterocycles. The Labute approximate surface area is 139 Å². The highest BCUT2D eigenvalue weighted by Gasteiger charge is 2.20. The predicted octanol–water partition coefficient (Wildman–Crippen LogP) is 3.29. The Balaban J connectivity index is 2.45. The van der Waals surface area contributed by atoms with E-state index in [0.29, 0.717) is 28.4 Å². The molecule has 8 nitrogen and oxygen atoms in total. The Bertz CT molecular complexity index is 734. The van der Waals surface area contributed by atoms with Crippen LogP contribution in [-0.4, -0.2) is 31.1 Å². The van der Waals surface area contributed by atoms with Crippen molar-refractivity contribution in [1.82, 2.24) is 5.16 Å². The van der Waals surface area contributed by atoms with Crippen LogP contribution >= 0.6 is 0 Å². The average molecular weight is 335 g/mol. The Morgan fingerprint density at radius 2 is 1.79 bits per heavy atom. The summed E-state index contributed by atoms with van der Waals surface area (Å²) < 4.78 is 20.7. The maximum absolute atomic E-state index is 12.1. The zero-order valence-electron chi connectivity index (χ0n) is 14.3. The number of anilines is 2. The van der Waals surface area contributed by atoms with Crippen molar-refractivity contribution in [2.24, 2.45) is 0 Å². The molecular weight excluding hydrogens is 314 g/mol. The molecule has 0 spiro atoms. The van der Waals surface area contributed by atoms with Crippen molar-refractivity contribution < 1.29 is 23.5 Å². The number of methoxy groups -OCH3 is 2. The fourth-order valence-electron chi connectivity index (χ4n) is 2.02. The number of carbonyl (C=O) groups is 1. The van der Waals surface area contributed by atoms with Gasteiger partial charge in [-0.05, 0) is 26.8 Å². The highest BCUT2D eigenvalue weighted by atomic mass is 16.6. The number of rotatable bonds is 4. The smallest absolute Gasteiger partial charge is 0.412 e. The fourth-order valence-corrected chi connectivity index (χ4v) is 2.02. The van der Waals surface area contributed by atoms with Crippen molar-refractivity contribution in [3.05, 3.63) is 18.2 Å². The average Bonchev–Trinajstić information content (AvgIpc) is 2.91. The highest BCUT2D eigenvalue weighted by molar-refractivity contribution is 5.92. The number of benzene rings is 1. The van der Waals surface area contributed by atoms with E-state index in [1.54, 1.807) is 39.0 Å². The molecule has 130 valence electrons. The van der Waals surface area contributed by atoms with E-state index in [0.717, 1.165) is 0 Å². The van der Waals surface area contributed by atoms with Crippen LogP contribution in [0, 0.1) is 0 Å². The summed E-state index contributed by atoms with van der Waals surface area (Å²) in [6, 6.07) is 4.83. The summed E-state index contributed by atoms with van der Waals surface area (Å²) in [6.07, 6.45) is -0.604. The Morgan fingerprint density at radius 1 is 1.17 bits per heavy atom. The van der Waals surface area contributed by atoms with E-state index in [1.165, 1.54) is 14.2 Å². The molecule has 8 heteroatoms. The number of nitrogens with two attached hydrogens (primary N) is 1. The molecule has 0 unspecified atom stereocenters. The van der Waals surface area contributed by atoms with E-state index < -0.39 is 11.7 Å². The van der Waals surface area contributed by atoms with Gasteiger partial charge < -0.3 is 24.5 Å². The summed E-state index contributed by atoms with van der Waals surface area (Å²) in [5, 5.41) is 6.55. The van der Waals surface area contributed by atoms with Gasteiger partial charge in [0.15, 0.2) is 11.5 Å². The lowest BCUT2D eigenvalue weighted by Gasteiger charge is -2.21. The summed E-state index contributed by atoms with van der Waals surface area (Å²) in [4.78, 5) is 12.1. The first kappa shape index (κ1) is 17.5. The summed E-state index contributed by atoms with van der Waals surface area (Å²) in [7, 11) is 3.02. The lowest BCUT2D eigenvalue weighted by molar-refractivity contribution is 0.0636. The number of amides is 1. The minimum Gasteiger partial charge on any atom is -0.493 e. The first-order valence-electron chi connectivity index (χ1n) is 7.22. The third-order valence-corrected chi connectivity index (χ3v) is 2.96. The molecule has 0 saturated heterocycles. The van der Waals surface area contributed by atoms with Crippen molar-refractivity contribution in [3.8, 4) is 22.8 Å². The monoisotopic (exact) mass is 335 g/mol. The summed E-state index contributed by atoms with van der Waals surface area (Å²) >= 11 is 0. The first-order chi connectivity index (χ1) is 11.2. The Hall–Kier alpha value is -2.90. The molecule has 0 saturated carbocycles. The summed E-state index contributed by atoms with van der Waals surface area (Å²) in [5.74, 6) is 1.08. The van der Waals surface area contributed by atoms with Crippen LogP contribution in [0.3, 0.4) is 0 Å². The van der Waals surface area contributed by atoms with Gasteiger partial charge in [-0.2, -0.15) is 0 Å². The van der Waals surface area contributed by atoms with E-state index in [-0.39, 0.29) is 5.88 Å². The number of nitrogens with one attached hydrogen (secondary N) is 1. The van der Waals surface area contributed by atoms with Crippen LogP contribution in [-0.2, 0) is 4.74 Å². The van der Waals surface area contributed by atoms with Crippen molar-refractivity contribution in [3.63, 3.8) is 0 Å². The minimum absolute atomic E-state index is 0.156. The number of nitrogens with zero attached hydrogens (tertiary/aromatic N) is 1. The summed E-state index contributed by atoms with van der Waals surface area (Å²) in [5.41, 5.74) is 6.38. The van der Waals surface area contributed by atoms with Gasteiger partial charge in [-0.15, -0.1) is 0 Å². The third-order valence-electron chi connectivity index (χ3n) is 2.96. The van der Waals surface area contributed by atoms with Crippen molar-refractivity contribution in [2.45, 2.75) is 26.4 Å². The van der Waals surface area contributed by atoms with Gasteiger partial charge in [-0.25, -0.2) is 4.79 Å². The number of nitrogen functional groups attached to an aromatic ring is 1. The molecule has 2 aromatic rings. The van der Waals surface area contributed by atoms with Gasteiger partial charge in [-0.3, -0.25) is 5.32 Å². The molecule has 0 bridgehead atoms. The molecule has 0 radical (unpaired) electrons. The molecule has 1 amide bonds. The van der Waals surface area contributed by atoms with Crippen LogP contribution in [0.4, 0.5) is 16.4 Å². The fraction of sp³-hybridized carbons (Fsp3) is 0.375. The van der Waals surface area contributed by atoms with Gasteiger partial charge >= 0.3 is 6.09 Å². The van der Waals surface area contributed by atoms with E-state index in [9.17, 15) is 4.79 Å². The molecule has 1 heterocycles. The molecule has 1 aromatic heterocycles. The van der Waals surface area contributed by atoms with Crippen molar-refractivity contribution >= 4 is 17.7 Å². The van der Waals surface area contributed by atoms with Gasteiger partial charge in [0.1, 0.15) is 11.3 Å². The molecule has 2 rings (SSSR count). The zero-order chi connectivity index (χ0) is 17.9. The number of carbonyl (C=O) groups excluding carboxylic acids is 1. The van der Waals surface area contributed by atoms with Gasteiger partial charge in [0.05, 0.1) is 19.9 Å². The second-order valence-corrected chi connectivity index (χ2v) is 5.99. The second kappa shape index (κ2) is 6.69. The molecule has 24 heavy (non-hydrogen) atoms. The van der Waals surface area contributed by atoms with Crippen LogP contribution in [0.5, 0.6) is 11.5 Å². The maximum atomic E-state index is 12.1. The van der Waals surface area contributed by atoms with Gasteiger partial charge in [0.2, 0.25) is 5.88 Å². The van der Waals surface area contributed by atoms with Crippen molar-refractivity contribution in [2.75, 3.05) is 25.3 Å². The van der Waals surface area contributed by atoms with Crippen LogP contribution in [0.2, 0.25) is 0 Å². The molecular formula is C16H21N3O5. The van der Waals surface area contributed by atoms with E-state index >= 15 is 0 Å². The lowest BCUT2D eigenvalue weighted by atomic mass is 10.1. The molecule has 0 aliphatic rings. The maximum Gasteiger partial charge on any atom is 0.412 e. The molecule has 0 fully saturated rings. The van der Waals surface area contributed by atoms with Crippen molar-refractivity contribution in [1.29, 1.82) is 0 Å². The van der Waals surface area contributed by atoms with Crippen LogP contribution in [0.1, 0.15) is 20.8 Å². The van der Waals surface area contributed by atoms with Crippen LogP contribution in [0.25, 0.3) is 11.3 Å². The number of hydrogen-bond acceptors (Lipinski definition) is 7. The topological polar surface area (TPSA) is 109 Å². The standard InChI is InChI=1S/C16H21N3O5/c1-16(2,3)23-15(20)18-10-7-13(22-5)12(21-4)6-9(10)11-8-14(17)24-19-11/h6-8H,17H2,1-5H3,(H,18,20). The molecule has 0 aliphatic carbocycles. The highest BCUT2D eigenvalue weighted by Crippen LogP contribution is 2.39. The van der Waals surface area contributed by atoms with E-state index in [4.69, 9.17) is 24.5 Å². The molecule has 0 atom stereocenters. The second-order valence-electron chi connectivity index (χ2n) is 5.99. The number of hydrogen-bond donors (Lipinski definition) is 2. The SMILES string of the molecule is COc1cc(NC(=O)OC(C)(C)C)c(-c2cc(N)on2)cc1OC. The zero-order valence-corrected chi connectivity index (χ0v) is 14.3. The van der Waals surface area contributed by atoms with Gasteiger partial charge in [-0.1, -0.05) is 5.16 Å². The molecule has 3 N–H and O–H groups in total. The number of ether oxygens (including phenoxy) is 3. The molecule has 1 aromatic carbocycles. The number of aromatic nitrogens is 1. The Morgan fingerprint density at radius 3 is 2.29 bits per heavy atom. The van der Waals surface area contributed by atoms with Crippen LogP contribution in [0.15, 0.2) is 22.7 Å². The minimum atomic E-state index is -0.626. The first-order valence-corrected chi connectivity index (χ1v) is 7.22. The quantitative estimate of drug-likeness (QED) is 0.882. The van der Waals surface area contributed by atoms with E-state index in [2.05, 4.69) is 10.5 Å². The summed E-state index contributed by atoms with van der Waals surface area (Å²) in [6.45, 7) is 5.33. The Kier molecular flexibility index (Phi) is 4.87.